The highest BCUT2D eigenvalue weighted by atomic mass is 35.5. The SMILES string of the molecule is COc1ccccc1[C@@H]1C[C@@H](C(F)(F)F)n2ncc(C(=O)Nc3cccnc3Cl)c2N1. The zero-order valence-electron chi connectivity index (χ0n) is 16.2. The van der Waals surface area contributed by atoms with E-state index in [-0.39, 0.29) is 28.6 Å². The van der Waals surface area contributed by atoms with Crippen molar-refractivity contribution >= 4 is 29.0 Å². The van der Waals surface area contributed by atoms with Crippen LogP contribution in [0.1, 0.15) is 34.4 Å². The van der Waals surface area contributed by atoms with Gasteiger partial charge in [0.2, 0.25) is 0 Å². The average molecular weight is 452 g/mol. The molecule has 7 nitrogen and oxygen atoms in total. The van der Waals surface area contributed by atoms with Crippen LogP contribution in [0.25, 0.3) is 0 Å². The molecule has 162 valence electrons. The minimum atomic E-state index is -4.57. The van der Waals surface area contributed by atoms with Crippen molar-refractivity contribution in [1.82, 2.24) is 14.8 Å². The molecule has 0 spiro atoms. The van der Waals surface area contributed by atoms with Gasteiger partial charge in [-0.05, 0) is 18.2 Å². The van der Waals surface area contributed by atoms with E-state index < -0.39 is 24.2 Å². The van der Waals surface area contributed by atoms with Crippen LogP contribution in [0.15, 0.2) is 48.8 Å². The third-order valence-corrected chi connectivity index (χ3v) is 5.31. The molecule has 3 aromatic rings. The number of hydrogen-bond donors (Lipinski definition) is 2. The zero-order valence-corrected chi connectivity index (χ0v) is 16.9. The van der Waals surface area contributed by atoms with Crippen molar-refractivity contribution in [1.29, 1.82) is 0 Å². The van der Waals surface area contributed by atoms with Crippen LogP contribution in [-0.2, 0) is 0 Å². The maximum absolute atomic E-state index is 13.9. The smallest absolute Gasteiger partial charge is 0.410 e. The number of anilines is 2. The first-order valence-corrected chi connectivity index (χ1v) is 9.63. The standard InChI is InChI=1S/C20H17ClF3N5O2/c1-31-15-7-3-2-5-11(15)14-9-16(20(22,23)24)29-18(27-14)12(10-26-29)19(30)28-13-6-4-8-25-17(13)21/h2-8,10,14,16,27H,9H2,1H3,(H,28,30)/t14-,16-/m0/s1. The van der Waals surface area contributed by atoms with E-state index in [4.69, 9.17) is 16.3 Å². The molecule has 3 heterocycles. The summed E-state index contributed by atoms with van der Waals surface area (Å²) in [6, 6.07) is 7.24. The number of pyridine rings is 1. The monoisotopic (exact) mass is 451 g/mol. The van der Waals surface area contributed by atoms with Gasteiger partial charge in [-0.15, -0.1) is 0 Å². The predicted molar refractivity (Wildman–Crippen MR) is 108 cm³/mol. The first-order valence-electron chi connectivity index (χ1n) is 9.25. The molecule has 1 aliphatic heterocycles. The summed E-state index contributed by atoms with van der Waals surface area (Å²) in [4.78, 5) is 16.7. The lowest BCUT2D eigenvalue weighted by atomic mass is 9.95. The van der Waals surface area contributed by atoms with Crippen LogP contribution in [0.2, 0.25) is 5.15 Å². The highest BCUT2D eigenvalue weighted by molar-refractivity contribution is 6.32. The quantitative estimate of drug-likeness (QED) is 0.554. The highest BCUT2D eigenvalue weighted by Gasteiger charge is 2.47. The van der Waals surface area contributed by atoms with E-state index in [1.807, 2.05) is 0 Å². The van der Waals surface area contributed by atoms with Gasteiger partial charge in [0.1, 0.15) is 17.1 Å². The van der Waals surface area contributed by atoms with Crippen molar-refractivity contribution in [2.24, 2.45) is 0 Å². The van der Waals surface area contributed by atoms with E-state index in [0.29, 0.717) is 11.3 Å². The summed E-state index contributed by atoms with van der Waals surface area (Å²) >= 11 is 5.97. The fraction of sp³-hybridized carbons (Fsp3) is 0.250. The summed E-state index contributed by atoms with van der Waals surface area (Å²) in [6.45, 7) is 0. The summed E-state index contributed by atoms with van der Waals surface area (Å²) < 4.78 is 47.7. The second kappa shape index (κ2) is 8.10. The fourth-order valence-electron chi connectivity index (χ4n) is 3.56. The molecule has 1 amide bonds. The molecule has 2 N–H and O–H groups in total. The molecule has 0 fully saturated rings. The largest absolute Gasteiger partial charge is 0.496 e. The van der Waals surface area contributed by atoms with E-state index in [9.17, 15) is 18.0 Å². The number of aromatic nitrogens is 3. The number of nitrogens with zero attached hydrogens (tertiary/aromatic N) is 3. The Labute approximate surface area is 180 Å². The highest BCUT2D eigenvalue weighted by Crippen LogP contribution is 2.45. The topological polar surface area (TPSA) is 81.1 Å². The van der Waals surface area contributed by atoms with Crippen molar-refractivity contribution in [3.63, 3.8) is 0 Å². The number of para-hydroxylation sites is 1. The van der Waals surface area contributed by atoms with E-state index in [1.54, 1.807) is 30.3 Å². The van der Waals surface area contributed by atoms with Gasteiger partial charge in [0.15, 0.2) is 11.2 Å². The number of benzene rings is 1. The Hall–Kier alpha value is -3.27. The van der Waals surface area contributed by atoms with Gasteiger partial charge in [0.05, 0.1) is 25.0 Å². The van der Waals surface area contributed by atoms with Crippen molar-refractivity contribution in [3.05, 3.63) is 65.1 Å². The van der Waals surface area contributed by atoms with Crippen molar-refractivity contribution in [3.8, 4) is 5.75 Å². The van der Waals surface area contributed by atoms with Gasteiger partial charge in [-0.2, -0.15) is 18.3 Å². The first-order chi connectivity index (χ1) is 14.8. The minimum Gasteiger partial charge on any atom is -0.496 e. The van der Waals surface area contributed by atoms with Gasteiger partial charge < -0.3 is 15.4 Å². The summed E-state index contributed by atoms with van der Waals surface area (Å²) in [5, 5.41) is 9.51. The Kier molecular flexibility index (Phi) is 5.48. The number of hydrogen-bond acceptors (Lipinski definition) is 5. The lowest BCUT2D eigenvalue weighted by Crippen LogP contribution is -2.36. The Morgan fingerprint density at radius 1 is 1.29 bits per heavy atom. The lowest BCUT2D eigenvalue weighted by molar-refractivity contribution is -0.173. The first kappa shape index (κ1) is 21.0. The second-order valence-corrected chi connectivity index (χ2v) is 7.24. The molecule has 1 aliphatic rings. The summed E-state index contributed by atoms with van der Waals surface area (Å²) in [7, 11) is 1.45. The van der Waals surface area contributed by atoms with Crippen molar-refractivity contribution in [2.45, 2.75) is 24.7 Å². The molecule has 31 heavy (non-hydrogen) atoms. The number of rotatable bonds is 4. The number of amides is 1. The van der Waals surface area contributed by atoms with Crippen LogP contribution >= 0.6 is 11.6 Å². The molecule has 0 saturated heterocycles. The fourth-order valence-corrected chi connectivity index (χ4v) is 3.72. The van der Waals surface area contributed by atoms with Gasteiger partial charge in [-0.3, -0.25) is 4.79 Å². The third kappa shape index (κ3) is 4.02. The molecular weight excluding hydrogens is 435 g/mol. The minimum absolute atomic E-state index is 0.0398. The van der Waals surface area contributed by atoms with Gasteiger partial charge in [0, 0.05) is 18.2 Å². The van der Waals surface area contributed by atoms with Gasteiger partial charge in [0.25, 0.3) is 5.91 Å². The van der Waals surface area contributed by atoms with Gasteiger partial charge >= 0.3 is 6.18 Å². The maximum atomic E-state index is 13.9. The molecule has 1 aromatic carbocycles. The molecule has 4 rings (SSSR count). The van der Waals surface area contributed by atoms with E-state index in [1.165, 1.54) is 19.4 Å². The molecule has 2 aromatic heterocycles. The van der Waals surface area contributed by atoms with Gasteiger partial charge in [-0.1, -0.05) is 29.8 Å². The number of carbonyl (C=O) groups excluding carboxylic acids is 1. The Morgan fingerprint density at radius 2 is 2.06 bits per heavy atom. The van der Waals surface area contributed by atoms with E-state index in [2.05, 4.69) is 20.7 Å². The Balaban J connectivity index is 1.73. The number of halogens is 4. The number of carbonyl (C=O) groups is 1. The second-order valence-electron chi connectivity index (χ2n) is 6.88. The normalized spacial score (nSPS) is 18.1. The van der Waals surface area contributed by atoms with Crippen LogP contribution in [0.5, 0.6) is 5.75 Å². The number of fused-ring (bicyclic) bond motifs is 1. The van der Waals surface area contributed by atoms with Crippen molar-refractivity contribution in [2.75, 3.05) is 17.7 Å². The van der Waals surface area contributed by atoms with Crippen LogP contribution in [-0.4, -0.2) is 34.0 Å². The van der Waals surface area contributed by atoms with Gasteiger partial charge in [-0.25, -0.2) is 9.67 Å². The molecule has 11 heteroatoms. The van der Waals surface area contributed by atoms with Crippen molar-refractivity contribution < 1.29 is 22.7 Å². The maximum Gasteiger partial charge on any atom is 0.410 e. The molecular formula is C20H17ClF3N5O2. The summed E-state index contributed by atoms with van der Waals surface area (Å²) in [6.07, 6.45) is -2.32. The molecule has 0 radical (unpaired) electrons. The van der Waals surface area contributed by atoms with Crippen LogP contribution < -0.4 is 15.4 Å². The van der Waals surface area contributed by atoms with Crippen LogP contribution in [0.3, 0.4) is 0 Å². The molecule has 0 aliphatic carbocycles. The number of alkyl halides is 3. The average Bonchev–Trinajstić information content (AvgIpc) is 3.18. The number of methoxy groups -OCH3 is 1. The zero-order chi connectivity index (χ0) is 22.2. The lowest BCUT2D eigenvalue weighted by Gasteiger charge is -2.34. The summed E-state index contributed by atoms with van der Waals surface area (Å²) in [5.74, 6) is -0.255. The Bertz CT molecular complexity index is 1120. The molecule has 2 atom stereocenters. The molecule has 0 unspecified atom stereocenters. The number of nitrogens with one attached hydrogen (secondary N) is 2. The van der Waals surface area contributed by atoms with E-state index in [0.717, 1.165) is 10.9 Å². The van der Waals surface area contributed by atoms with Crippen LogP contribution in [0, 0.1) is 0 Å². The molecule has 0 bridgehead atoms. The third-order valence-electron chi connectivity index (χ3n) is 5.00. The Morgan fingerprint density at radius 3 is 2.77 bits per heavy atom. The van der Waals surface area contributed by atoms with E-state index >= 15 is 0 Å². The summed E-state index contributed by atoms with van der Waals surface area (Å²) in [5.41, 5.74) is 0.737. The molecule has 0 saturated carbocycles. The van der Waals surface area contributed by atoms with Crippen LogP contribution in [0.4, 0.5) is 24.7 Å². The predicted octanol–water partition coefficient (Wildman–Crippen LogP) is 4.85. The number of ether oxygens (including phenoxy) is 1.